The lowest BCUT2D eigenvalue weighted by Crippen LogP contribution is -2.53. The molecular weight excluding hydrogens is 697 g/mol. The highest BCUT2D eigenvalue weighted by Crippen LogP contribution is 2.37. The number of piperazine rings is 1. The van der Waals surface area contributed by atoms with Gasteiger partial charge in [0.15, 0.2) is 0 Å². The van der Waals surface area contributed by atoms with E-state index in [9.17, 15) is 22.8 Å². The van der Waals surface area contributed by atoms with Gasteiger partial charge in [0, 0.05) is 56.5 Å². The molecule has 0 unspecified atom stereocenters. The molecule has 280 valence electrons. The van der Waals surface area contributed by atoms with Gasteiger partial charge in [0.05, 0.1) is 61.2 Å². The number of rotatable bonds is 9. The molecule has 1 N–H and O–H groups in total. The molecule has 2 aromatic carbocycles. The lowest BCUT2D eigenvalue weighted by molar-refractivity contribution is 0.0601. The molecule has 3 aromatic rings. The lowest BCUT2D eigenvalue weighted by atomic mass is 9.92. The number of morpholine rings is 1. The Balaban J connectivity index is 1.14. The number of likely N-dealkylation sites (N-methyl/N-ethyl adjacent to an activating group) is 1. The van der Waals surface area contributed by atoms with Crippen LogP contribution >= 0.6 is 0 Å². The smallest absolute Gasteiger partial charge is 0.341 e. The molecule has 14 nitrogen and oxygen atoms in total. The van der Waals surface area contributed by atoms with E-state index < -0.39 is 33.5 Å². The number of carbonyl (C=O) groups is 2. The van der Waals surface area contributed by atoms with E-state index in [-0.39, 0.29) is 67.9 Å². The van der Waals surface area contributed by atoms with Crippen molar-refractivity contribution in [3.05, 3.63) is 67.8 Å². The number of benzene rings is 2. The van der Waals surface area contributed by atoms with E-state index in [1.165, 1.54) is 9.21 Å². The summed E-state index contributed by atoms with van der Waals surface area (Å²) in [6.45, 7) is 9.16. The summed E-state index contributed by atoms with van der Waals surface area (Å²) >= 11 is 0. The van der Waals surface area contributed by atoms with E-state index in [0.29, 0.717) is 30.6 Å². The number of fused-ring (bicyclic) bond motifs is 5. The first kappa shape index (κ1) is 36.3. The van der Waals surface area contributed by atoms with Gasteiger partial charge in [-0.05, 0) is 70.0 Å². The second kappa shape index (κ2) is 14.0. The fourth-order valence-corrected chi connectivity index (χ4v) is 9.38. The number of anilines is 1. The normalized spacial score (nSPS) is 22.2. The van der Waals surface area contributed by atoms with Gasteiger partial charge in [-0.2, -0.15) is 12.7 Å². The highest BCUT2D eigenvalue weighted by atomic mass is 32.2. The molecule has 2 amide bonds. The van der Waals surface area contributed by atoms with E-state index in [1.54, 1.807) is 14.0 Å². The minimum absolute atomic E-state index is 0.0632. The summed E-state index contributed by atoms with van der Waals surface area (Å²) in [4.78, 5) is 46.5. The fourth-order valence-electron chi connectivity index (χ4n) is 8.02. The van der Waals surface area contributed by atoms with Crippen LogP contribution in [-0.4, -0.2) is 119 Å². The van der Waals surface area contributed by atoms with Crippen molar-refractivity contribution in [1.82, 2.24) is 18.8 Å². The summed E-state index contributed by atoms with van der Waals surface area (Å²) in [7, 11) is -0.459. The van der Waals surface area contributed by atoms with Crippen molar-refractivity contribution in [3.63, 3.8) is 0 Å². The van der Waals surface area contributed by atoms with Crippen LogP contribution in [0.5, 0.6) is 5.75 Å². The van der Waals surface area contributed by atoms with Crippen molar-refractivity contribution in [2.45, 2.75) is 58.3 Å². The Bertz CT molecular complexity index is 2110. The van der Waals surface area contributed by atoms with Gasteiger partial charge >= 0.3 is 15.8 Å². The Morgan fingerprint density at radius 2 is 1.87 bits per heavy atom. The van der Waals surface area contributed by atoms with Crippen LogP contribution in [0.2, 0.25) is 0 Å². The molecule has 4 aliphatic heterocycles. The number of nitrogens with one attached hydrogen (secondary N) is 1. The Hall–Kier alpha value is -4.09. The first-order valence-corrected chi connectivity index (χ1v) is 19.0. The van der Waals surface area contributed by atoms with Crippen molar-refractivity contribution in [3.8, 4) is 5.75 Å². The molecule has 5 heterocycles. The molecule has 16 heteroatoms. The van der Waals surface area contributed by atoms with Gasteiger partial charge in [0.25, 0.3) is 11.8 Å². The largest absolute Gasteiger partial charge is 0.493 e. The van der Waals surface area contributed by atoms with E-state index in [1.807, 2.05) is 18.6 Å². The van der Waals surface area contributed by atoms with Gasteiger partial charge in [-0.1, -0.05) is 0 Å². The monoisotopic (exact) mass is 741 g/mol. The van der Waals surface area contributed by atoms with E-state index in [2.05, 4.69) is 22.9 Å². The maximum atomic E-state index is 15.7. The zero-order chi connectivity index (χ0) is 37.1. The maximum absolute atomic E-state index is 15.7. The Kier molecular flexibility index (Phi) is 9.80. The molecule has 2 bridgehead atoms. The standard InChI is InChI=1S/C36H44FN5O9S/c1-6-49-31-14-26(29(37)13-27(31)34(43)38-52(46,47)42-16-24-12-22(42)19-50-24)35(44)41-8-7-25-28(17-41)36(45)51-33-21(3)30(11-20(2)32(25)33)40-10-9-39(4)23(15-40)18-48-5/h11,13-14,22-24H,6-10,12,15-19H2,1-5H3,(H,38,43)/t22-,23+,24-/m0/s1. The van der Waals surface area contributed by atoms with Crippen molar-refractivity contribution < 1.29 is 41.0 Å². The van der Waals surface area contributed by atoms with Crippen LogP contribution in [0.25, 0.3) is 11.0 Å². The second-order valence-corrected chi connectivity index (χ2v) is 15.6. The molecule has 7 rings (SSSR count). The number of hydrogen-bond acceptors (Lipinski definition) is 11. The van der Waals surface area contributed by atoms with Crippen LogP contribution in [0.4, 0.5) is 10.1 Å². The zero-order valence-electron chi connectivity index (χ0n) is 30.0. The molecule has 0 spiro atoms. The van der Waals surface area contributed by atoms with Crippen LogP contribution < -0.4 is 20.0 Å². The highest BCUT2D eigenvalue weighted by Gasteiger charge is 2.45. The Morgan fingerprint density at radius 1 is 1.08 bits per heavy atom. The summed E-state index contributed by atoms with van der Waals surface area (Å²) in [6.07, 6.45) is 0.652. The van der Waals surface area contributed by atoms with Crippen LogP contribution in [0, 0.1) is 19.7 Å². The summed E-state index contributed by atoms with van der Waals surface area (Å²) in [5, 5.41) is 0.843. The van der Waals surface area contributed by atoms with Crippen LogP contribution in [0.15, 0.2) is 27.4 Å². The predicted octanol–water partition coefficient (Wildman–Crippen LogP) is 2.36. The average Bonchev–Trinajstić information content (AvgIpc) is 3.76. The third kappa shape index (κ3) is 6.44. The lowest BCUT2D eigenvalue weighted by Gasteiger charge is -2.41. The first-order valence-electron chi connectivity index (χ1n) is 17.5. The number of hydrogen-bond donors (Lipinski definition) is 1. The Labute approximate surface area is 301 Å². The topological polar surface area (TPSA) is 151 Å². The molecule has 0 radical (unpaired) electrons. The van der Waals surface area contributed by atoms with E-state index in [0.717, 1.165) is 59.5 Å². The zero-order valence-corrected chi connectivity index (χ0v) is 30.8. The molecule has 1 aromatic heterocycles. The maximum Gasteiger partial charge on any atom is 0.341 e. The molecular formula is C36H44FN5O9S. The van der Waals surface area contributed by atoms with Crippen molar-refractivity contribution in [2.75, 3.05) is 71.6 Å². The number of halogens is 1. The number of carbonyl (C=O) groups excluding carboxylic acids is 2. The van der Waals surface area contributed by atoms with E-state index >= 15 is 4.39 Å². The van der Waals surface area contributed by atoms with Gasteiger partial charge < -0.3 is 28.4 Å². The van der Waals surface area contributed by atoms with Gasteiger partial charge in [-0.25, -0.2) is 13.9 Å². The van der Waals surface area contributed by atoms with Gasteiger partial charge in [-0.3, -0.25) is 14.5 Å². The molecule has 0 aliphatic carbocycles. The summed E-state index contributed by atoms with van der Waals surface area (Å²) in [6, 6.07) is 3.89. The quantitative estimate of drug-likeness (QED) is 0.322. The molecule has 3 saturated heterocycles. The van der Waals surface area contributed by atoms with Crippen molar-refractivity contribution in [2.24, 2.45) is 0 Å². The molecule has 0 saturated carbocycles. The first-order chi connectivity index (χ1) is 24.8. The number of amides is 2. The number of ether oxygens (including phenoxy) is 3. The van der Waals surface area contributed by atoms with Crippen LogP contribution in [-0.2, 0) is 32.6 Å². The third-order valence-corrected chi connectivity index (χ3v) is 12.3. The van der Waals surface area contributed by atoms with Crippen molar-refractivity contribution >= 4 is 38.7 Å². The number of aryl methyl sites for hydroxylation is 2. The fraction of sp³-hybridized carbons (Fsp3) is 0.528. The van der Waals surface area contributed by atoms with Gasteiger partial charge in [0.1, 0.15) is 17.1 Å². The number of methoxy groups -OCH3 is 1. The summed E-state index contributed by atoms with van der Waals surface area (Å²) in [5.41, 5.74) is 3.17. The van der Waals surface area contributed by atoms with Gasteiger partial charge in [0.2, 0.25) is 0 Å². The average molecular weight is 742 g/mol. The SMILES string of the molecule is CCOc1cc(C(=O)N2CCc3c(c(=O)oc4c(C)c(N5CCN(C)[C@@H](COC)C5)cc(C)c34)C2)c(F)cc1C(=O)NS(=O)(=O)N1C[C@@H]2C[C@H]1CO2. The molecule has 3 atom stereocenters. The molecule has 52 heavy (non-hydrogen) atoms. The minimum atomic E-state index is -4.24. The predicted molar refractivity (Wildman–Crippen MR) is 190 cm³/mol. The Morgan fingerprint density at radius 3 is 2.56 bits per heavy atom. The van der Waals surface area contributed by atoms with Crippen LogP contribution in [0.1, 0.15) is 56.3 Å². The molecule has 4 aliphatic rings. The minimum Gasteiger partial charge on any atom is -0.493 e. The second-order valence-electron chi connectivity index (χ2n) is 14.0. The third-order valence-electron chi connectivity index (χ3n) is 10.8. The highest BCUT2D eigenvalue weighted by molar-refractivity contribution is 7.87. The van der Waals surface area contributed by atoms with E-state index in [4.69, 9.17) is 18.6 Å². The van der Waals surface area contributed by atoms with Crippen LogP contribution in [0.3, 0.4) is 0 Å². The van der Waals surface area contributed by atoms with Crippen molar-refractivity contribution in [1.29, 1.82) is 0 Å². The molecule has 3 fully saturated rings. The number of nitrogens with zero attached hydrogens (tertiary/aromatic N) is 4. The summed E-state index contributed by atoms with van der Waals surface area (Å²) in [5.74, 6) is -2.97. The summed E-state index contributed by atoms with van der Waals surface area (Å²) < 4.78 is 67.4. The van der Waals surface area contributed by atoms with Gasteiger partial charge in [-0.15, -0.1) is 0 Å².